The lowest BCUT2D eigenvalue weighted by atomic mass is 10.1. The molecule has 0 aromatic heterocycles. The number of hydrogen-bond donors (Lipinski definition) is 2. The average molecular weight is 375 g/mol. The highest BCUT2D eigenvalue weighted by molar-refractivity contribution is 7.89. The lowest BCUT2D eigenvalue weighted by Gasteiger charge is -2.17. The van der Waals surface area contributed by atoms with E-state index in [4.69, 9.17) is 44.6 Å². The van der Waals surface area contributed by atoms with E-state index in [-0.39, 0.29) is 33.2 Å². The van der Waals surface area contributed by atoms with Gasteiger partial charge in [0.1, 0.15) is 4.90 Å². The fourth-order valence-corrected chi connectivity index (χ4v) is 4.76. The number of carboxylic acid groups (broad SMARTS) is 1. The van der Waals surface area contributed by atoms with Crippen molar-refractivity contribution in [2.45, 2.75) is 10.9 Å². The van der Waals surface area contributed by atoms with E-state index in [0.29, 0.717) is 0 Å². The number of nitrogens with one attached hydrogen (secondary N) is 1. The van der Waals surface area contributed by atoms with Crippen LogP contribution in [-0.2, 0) is 19.6 Å². The number of ether oxygens (including phenoxy) is 1. The summed E-state index contributed by atoms with van der Waals surface area (Å²) in [6, 6.07) is 1.59. The van der Waals surface area contributed by atoms with E-state index in [0.717, 1.165) is 0 Å². The molecule has 1 heterocycles. The first-order chi connectivity index (χ1) is 9.72. The topological polar surface area (TPSA) is 92.7 Å². The molecule has 116 valence electrons. The molecule has 0 radical (unpaired) electrons. The number of halogens is 3. The van der Waals surface area contributed by atoms with Crippen LogP contribution in [0.15, 0.2) is 17.0 Å². The van der Waals surface area contributed by atoms with Gasteiger partial charge in [0.15, 0.2) is 0 Å². The molecule has 2 rings (SSSR count). The van der Waals surface area contributed by atoms with Crippen molar-refractivity contribution in [3.05, 3.63) is 27.2 Å². The van der Waals surface area contributed by atoms with Crippen LogP contribution in [0.4, 0.5) is 0 Å². The molecule has 0 amide bonds. The molecular weight excluding hydrogens is 365 g/mol. The second kappa shape index (κ2) is 6.28. The molecule has 1 aromatic carbocycles. The Bertz CT molecular complexity index is 655. The van der Waals surface area contributed by atoms with E-state index < -0.39 is 28.0 Å². The number of rotatable bonds is 4. The largest absolute Gasteiger partial charge is 0.481 e. The molecule has 1 fully saturated rings. The van der Waals surface area contributed by atoms with Crippen LogP contribution < -0.4 is 4.72 Å². The van der Waals surface area contributed by atoms with Gasteiger partial charge in [-0.3, -0.25) is 4.79 Å². The van der Waals surface area contributed by atoms with Crippen LogP contribution in [0.3, 0.4) is 0 Å². The molecule has 2 unspecified atom stereocenters. The van der Waals surface area contributed by atoms with Gasteiger partial charge in [0.05, 0.1) is 35.2 Å². The van der Waals surface area contributed by atoms with Crippen LogP contribution in [0.2, 0.25) is 15.1 Å². The van der Waals surface area contributed by atoms with Gasteiger partial charge in [-0.25, -0.2) is 13.1 Å². The van der Waals surface area contributed by atoms with Crippen molar-refractivity contribution in [1.29, 1.82) is 0 Å². The molecule has 0 aliphatic carbocycles. The minimum atomic E-state index is -4.10. The van der Waals surface area contributed by atoms with Gasteiger partial charge in [-0.05, 0) is 12.1 Å². The average Bonchev–Trinajstić information content (AvgIpc) is 2.73. The monoisotopic (exact) mass is 373 g/mol. The molecule has 21 heavy (non-hydrogen) atoms. The van der Waals surface area contributed by atoms with Crippen molar-refractivity contribution in [2.75, 3.05) is 13.2 Å². The summed E-state index contributed by atoms with van der Waals surface area (Å²) in [5, 5.41) is 8.91. The number of carboxylic acids is 1. The number of benzene rings is 1. The standard InChI is InChI=1S/C11H10Cl3NO5S/c12-5-1-7(13)10(8(14)2-5)21(18,19)15-9-4-20-3-6(9)11(16)17/h1-2,6,9,15H,3-4H2,(H,16,17). The maximum atomic E-state index is 12.3. The molecule has 1 saturated heterocycles. The normalized spacial score (nSPS) is 22.4. The zero-order valence-corrected chi connectivity index (χ0v) is 13.4. The molecule has 0 spiro atoms. The third-order valence-electron chi connectivity index (χ3n) is 2.94. The zero-order chi connectivity index (χ0) is 15.8. The van der Waals surface area contributed by atoms with Crippen LogP contribution in [0.1, 0.15) is 0 Å². The first-order valence-electron chi connectivity index (χ1n) is 5.70. The van der Waals surface area contributed by atoms with Crippen molar-refractivity contribution >= 4 is 50.8 Å². The number of sulfonamides is 1. The van der Waals surface area contributed by atoms with Gasteiger partial charge in [-0.2, -0.15) is 0 Å². The van der Waals surface area contributed by atoms with E-state index in [2.05, 4.69) is 4.72 Å². The summed E-state index contributed by atoms with van der Waals surface area (Å²) in [7, 11) is -4.10. The Morgan fingerprint density at radius 1 is 1.24 bits per heavy atom. The van der Waals surface area contributed by atoms with Crippen LogP contribution in [-0.4, -0.2) is 38.7 Å². The third kappa shape index (κ3) is 3.61. The number of carbonyl (C=O) groups is 1. The molecule has 0 bridgehead atoms. The molecule has 2 N–H and O–H groups in total. The highest BCUT2D eigenvalue weighted by Gasteiger charge is 2.38. The molecule has 1 aliphatic rings. The van der Waals surface area contributed by atoms with Crippen molar-refractivity contribution in [3.8, 4) is 0 Å². The van der Waals surface area contributed by atoms with Crippen molar-refractivity contribution < 1.29 is 23.1 Å². The second-order valence-corrected chi connectivity index (χ2v) is 7.31. The minimum absolute atomic E-state index is 0.0426. The van der Waals surface area contributed by atoms with Gasteiger partial charge < -0.3 is 9.84 Å². The first-order valence-corrected chi connectivity index (χ1v) is 8.31. The quantitative estimate of drug-likeness (QED) is 0.841. The molecular formula is C11H10Cl3NO5S. The van der Waals surface area contributed by atoms with E-state index >= 15 is 0 Å². The summed E-state index contributed by atoms with van der Waals surface area (Å²) >= 11 is 17.5. The van der Waals surface area contributed by atoms with E-state index in [1.54, 1.807) is 0 Å². The Hall–Kier alpha value is -0.570. The predicted molar refractivity (Wildman–Crippen MR) is 77.5 cm³/mol. The summed E-state index contributed by atoms with van der Waals surface area (Å²) in [6.07, 6.45) is 0. The lowest BCUT2D eigenvalue weighted by Crippen LogP contribution is -2.42. The van der Waals surface area contributed by atoms with E-state index in [9.17, 15) is 13.2 Å². The van der Waals surface area contributed by atoms with E-state index in [1.807, 2.05) is 0 Å². The SMILES string of the molecule is O=C(O)C1COCC1NS(=O)(=O)c1c(Cl)cc(Cl)cc1Cl. The van der Waals surface area contributed by atoms with Gasteiger partial charge in [-0.1, -0.05) is 34.8 Å². The fourth-order valence-electron chi connectivity index (χ4n) is 1.96. The second-order valence-electron chi connectivity index (χ2n) is 4.41. The van der Waals surface area contributed by atoms with Gasteiger partial charge in [0.2, 0.25) is 10.0 Å². The van der Waals surface area contributed by atoms with Crippen LogP contribution in [0.5, 0.6) is 0 Å². The summed E-state index contributed by atoms with van der Waals surface area (Å²) in [5.41, 5.74) is 0. The molecule has 6 nitrogen and oxygen atoms in total. The minimum Gasteiger partial charge on any atom is -0.481 e. The zero-order valence-electron chi connectivity index (χ0n) is 10.3. The molecule has 0 saturated carbocycles. The van der Waals surface area contributed by atoms with Crippen LogP contribution >= 0.6 is 34.8 Å². The Kier molecular flexibility index (Phi) is 5.02. The lowest BCUT2D eigenvalue weighted by molar-refractivity contribution is -0.142. The van der Waals surface area contributed by atoms with Gasteiger partial charge in [0, 0.05) is 5.02 Å². The molecule has 1 aliphatic heterocycles. The highest BCUT2D eigenvalue weighted by atomic mass is 35.5. The van der Waals surface area contributed by atoms with E-state index in [1.165, 1.54) is 12.1 Å². The Labute approximate surface area is 136 Å². The summed E-state index contributed by atoms with van der Waals surface area (Å²) in [4.78, 5) is 10.7. The maximum absolute atomic E-state index is 12.3. The van der Waals surface area contributed by atoms with Crippen LogP contribution in [0, 0.1) is 5.92 Å². The fraction of sp³-hybridized carbons (Fsp3) is 0.364. The molecule has 10 heteroatoms. The van der Waals surface area contributed by atoms with Crippen molar-refractivity contribution in [3.63, 3.8) is 0 Å². The molecule has 2 atom stereocenters. The first kappa shape index (κ1) is 16.8. The number of aliphatic carboxylic acids is 1. The summed E-state index contributed by atoms with van der Waals surface area (Å²) in [5.74, 6) is -2.11. The van der Waals surface area contributed by atoms with Gasteiger partial charge in [-0.15, -0.1) is 0 Å². The smallest absolute Gasteiger partial charge is 0.310 e. The van der Waals surface area contributed by atoms with Crippen LogP contribution in [0.25, 0.3) is 0 Å². The predicted octanol–water partition coefficient (Wildman–Crippen LogP) is 2.02. The summed E-state index contributed by atoms with van der Waals surface area (Å²) < 4.78 is 31.9. The van der Waals surface area contributed by atoms with Gasteiger partial charge in [0.25, 0.3) is 0 Å². The highest BCUT2D eigenvalue weighted by Crippen LogP contribution is 2.33. The molecule has 1 aromatic rings. The third-order valence-corrected chi connectivity index (χ3v) is 5.56. The summed E-state index contributed by atoms with van der Waals surface area (Å²) in [6.45, 7) is -0.108. The Balaban J connectivity index is 2.33. The number of hydrogen-bond acceptors (Lipinski definition) is 4. The Morgan fingerprint density at radius 3 is 2.33 bits per heavy atom. The maximum Gasteiger partial charge on any atom is 0.310 e. The van der Waals surface area contributed by atoms with Gasteiger partial charge >= 0.3 is 5.97 Å². The Morgan fingerprint density at radius 2 is 1.81 bits per heavy atom. The van der Waals surface area contributed by atoms with Crippen molar-refractivity contribution in [1.82, 2.24) is 4.72 Å². The van der Waals surface area contributed by atoms with Crippen molar-refractivity contribution in [2.24, 2.45) is 5.92 Å².